The molecule has 0 aliphatic rings. The van der Waals surface area contributed by atoms with Crippen molar-refractivity contribution in [3.8, 4) is 5.75 Å². The zero-order chi connectivity index (χ0) is 12.4. The molecule has 0 N–H and O–H groups in total. The summed E-state index contributed by atoms with van der Waals surface area (Å²) in [5.41, 5.74) is 0.366. The molecule has 0 aliphatic carbocycles. The minimum Gasteiger partial charge on any atom is -0.497 e. The lowest BCUT2D eigenvalue weighted by atomic mass is 10.1. The molecular formula is C12H10ClNO3. The number of benzene rings is 1. The van der Waals surface area contributed by atoms with Crippen LogP contribution in [0.15, 0.2) is 24.4 Å². The predicted molar refractivity (Wildman–Crippen MR) is 64.6 cm³/mol. The van der Waals surface area contributed by atoms with Gasteiger partial charge in [-0.3, -0.25) is 0 Å². The number of esters is 1. The van der Waals surface area contributed by atoms with E-state index in [0.29, 0.717) is 27.2 Å². The number of pyridine rings is 1. The Kier molecular flexibility index (Phi) is 3.15. The van der Waals surface area contributed by atoms with Crippen LogP contribution in [-0.2, 0) is 4.74 Å². The summed E-state index contributed by atoms with van der Waals surface area (Å²) in [6, 6.07) is 5.25. The molecule has 2 rings (SSSR count). The predicted octanol–water partition coefficient (Wildman–Crippen LogP) is 2.68. The second-order valence-corrected chi connectivity index (χ2v) is 3.72. The molecule has 0 atom stereocenters. The molecule has 2 aromatic rings. The lowest BCUT2D eigenvalue weighted by Crippen LogP contribution is -2.03. The van der Waals surface area contributed by atoms with Crippen molar-refractivity contribution < 1.29 is 14.3 Å². The molecule has 0 unspecified atom stereocenters. The molecule has 1 aromatic heterocycles. The van der Waals surface area contributed by atoms with E-state index in [-0.39, 0.29) is 0 Å². The maximum atomic E-state index is 11.6. The first-order valence-electron chi connectivity index (χ1n) is 4.88. The summed E-state index contributed by atoms with van der Waals surface area (Å²) in [7, 11) is 2.88. The Hall–Kier alpha value is -1.81. The number of rotatable bonds is 2. The first-order chi connectivity index (χ1) is 8.17. The quantitative estimate of drug-likeness (QED) is 0.608. The highest BCUT2D eigenvalue weighted by Crippen LogP contribution is 2.28. The van der Waals surface area contributed by atoms with Gasteiger partial charge in [-0.2, -0.15) is 0 Å². The van der Waals surface area contributed by atoms with Gasteiger partial charge in [-0.1, -0.05) is 11.6 Å². The largest absolute Gasteiger partial charge is 0.497 e. The number of aromatic nitrogens is 1. The molecular weight excluding hydrogens is 242 g/mol. The van der Waals surface area contributed by atoms with Gasteiger partial charge in [-0.05, 0) is 18.2 Å². The number of carbonyl (C=O) groups excluding carboxylic acids is 1. The molecule has 17 heavy (non-hydrogen) atoms. The van der Waals surface area contributed by atoms with Gasteiger partial charge in [0.2, 0.25) is 0 Å². The number of nitrogens with zero attached hydrogens (tertiary/aromatic N) is 1. The normalized spacial score (nSPS) is 10.3. The van der Waals surface area contributed by atoms with E-state index in [1.165, 1.54) is 13.3 Å². The molecule has 0 saturated carbocycles. The highest BCUT2D eigenvalue weighted by Gasteiger charge is 2.13. The van der Waals surface area contributed by atoms with Crippen molar-refractivity contribution in [2.75, 3.05) is 14.2 Å². The van der Waals surface area contributed by atoms with Crippen molar-refractivity contribution in [2.24, 2.45) is 0 Å². The van der Waals surface area contributed by atoms with E-state index in [9.17, 15) is 4.79 Å². The molecule has 0 aliphatic heterocycles. The van der Waals surface area contributed by atoms with E-state index in [1.807, 2.05) is 0 Å². The van der Waals surface area contributed by atoms with Crippen LogP contribution in [-0.4, -0.2) is 25.2 Å². The minimum absolute atomic E-state index is 0.343. The lowest BCUT2D eigenvalue weighted by Gasteiger charge is -2.07. The van der Waals surface area contributed by atoms with Gasteiger partial charge in [-0.25, -0.2) is 9.78 Å². The van der Waals surface area contributed by atoms with Crippen LogP contribution in [0.1, 0.15) is 10.4 Å². The van der Waals surface area contributed by atoms with Crippen LogP contribution in [0, 0.1) is 0 Å². The van der Waals surface area contributed by atoms with E-state index in [0.717, 1.165) is 0 Å². The third kappa shape index (κ3) is 2.03. The van der Waals surface area contributed by atoms with E-state index >= 15 is 0 Å². The van der Waals surface area contributed by atoms with Crippen molar-refractivity contribution in [3.63, 3.8) is 0 Å². The summed E-state index contributed by atoms with van der Waals surface area (Å²) < 4.78 is 9.81. The van der Waals surface area contributed by atoms with Gasteiger partial charge in [0.1, 0.15) is 10.9 Å². The smallest absolute Gasteiger partial charge is 0.340 e. The molecule has 1 heterocycles. The Morgan fingerprint density at radius 3 is 2.71 bits per heavy atom. The van der Waals surface area contributed by atoms with Crippen molar-refractivity contribution >= 4 is 28.3 Å². The van der Waals surface area contributed by atoms with Crippen molar-refractivity contribution in [1.29, 1.82) is 0 Å². The fourth-order valence-electron chi connectivity index (χ4n) is 1.59. The van der Waals surface area contributed by atoms with Crippen LogP contribution < -0.4 is 4.74 Å². The highest BCUT2D eigenvalue weighted by atomic mass is 35.5. The number of methoxy groups -OCH3 is 2. The van der Waals surface area contributed by atoms with Gasteiger partial charge in [0.05, 0.1) is 19.8 Å². The van der Waals surface area contributed by atoms with Gasteiger partial charge in [0.25, 0.3) is 0 Å². The maximum Gasteiger partial charge on any atom is 0.340 e. The molecule has 0 radical (unpaired) electrons. The molecule has 0 bridgehead atoms. The zero-order valence-electron chi connectivity index (χ0n) is 9.36. The standard InChI is InChI=1S/C12H10ClNO3/c1-16-7-3-4-8-9(5-7)10(12(15)17-2)6-14-11(8)13/h3-6H,1-2H3. The summed E-state index contributed by atoms with van der Waals surface area (Å²) in [6.45, 7) is 0. The van der Waals surface area contributed by atoms with Crippen LogP contribution in [0.5, 0.6) is 5.75 Å². The Bertz CT molecular complexity index is 583. The Balaban J connectivity index is 2.76. The summed E-state index contributed by atoms with van der Waals surface area (Å²) in [5.74, 6) is 0.192. The van der Waals surface area contributed by atoms with Crippen LogP contribution in [0.25, 0.3) is 10.8 Å². The van der Waals surface area contributed by atoms with E-state index in [1.54, 1.807) is 25.3 Å². The average Bonchev–Trinajstić information content (AvgIpc) is 2.38. The van der Waals surface area contributed by atoms with Gasteiger partial charge in [0.15, 0.2) is 0 Å². The SMILES string of the molecule is COC(=O)c1cnc(Cl)c2ccc(OC)cc12. The number of hydrogen-bond acceptors (Lipinski definition) is 4. The van der Waals surface area contributed by atoms with Crippen LogP contribution in [0.2, 0.25) is 5.15 Å². The Morgan fingerprint density at radius 2 is 2.06 bits per heavy atom. The number of hydrogen-bond donors (Lipinski definition) is 0. The van der Waals surface area contributed by atoms with E-state index < -0.39 is 5.97 Å². The van der Waals surface area contributed by atoms with Gasteiger partial charge in [0, 0.05) is 17.0 Å². The van der Waals surface area contributed by atoms with E-state index in [2.05, 4.69) is 4.98 Å². The van der Waals surface area contributed by atoms with Crippen molar-refractivity contribution in [2.45, 2.75) is 0 Å². The van der Waals surface area contributed by atoms with Crippen molar-refractivity contribution in [3.05, 3.63) is 35.1 Å². The molecule has 0 spiro atoms. The lowest BCUT2D eigenvalue weighted by molar-refractivity contribution is 0.0602. The van der Waals surface area contributed by atoms with Gasteiger partial charge < -0.3 is 9.47 Å². The number of fused-ring (bicyclic) bond motifs is 1. The van der Waals surface area contributed by atoms with Gasteiger partial charge in [-0.15, -0.1) is 0 Å². The highest BCUT2D eigenvalue weighted by molar-refractivity contribution is 6.34. The maximum absolute atomic E-state index is 11.6. The molecule has 5 heteroatoms. The molecule has 0 amide bonds. The summed E-state index contributed by atoms with van der Waals surface area (Å²) in [6.07, 6.45) is 1.40. The fraction of sp³-hybridized carbons (Fsp3) is 0.167. The molecule has 1 aromatic carbocycles. The second kappa shape index (κ2) is 4.59. The topological polar surface area (TPSA) is 48.4 Å². The fourth-order valence-corrected chi connectivity index (χ4v) is 1.80. The summed E-state index contributed by atoms with van der Waals surface area (Å²) >= 11 is 5.97. The first kappa shape index (κ1) is 11.7. The number of ether oxygens (including phenoxy) is 2. The third-order valence-electron chi connectivity index (χ3n) is 2.45. The molecule has 0 saturated heterocycles. The van der Waals surface area contributed by atoms with Crippen molar-refractivity contribution in [1.82, 2.24) is 4.98 Å². The Morgan fingerprint density at radius 1 is 1.29 bits per heavy atom. The van der Waals surface area contributed by atoms with Crippen LogP contribution in [0.4, 0.5) is 0 Å². The second-order valence-electron chi connectivity index (χ2n) is 3.37. The average molecular weight is 252 g/mol. The van der Waals surface area contributed by atoms with E-state index in [4.69, 9.17) is 21.1 Å². The van der Waals surface area contributed by atoms with Crippen LogP contribution in [0.3, 0.4) is 0 Å². The molecule has 0 fully saturated rings. The number of carbonyl (C=O) groups is 1. The zero-order valence-corrected chi connectivity index (χ0v) is 10.1. The van der Waals surface area contributed by atoms with Gasteiger partial charge >= 0.3 is 5.97 Å². The Labute approximate surface area is 103 Å². The molecule has 88 valence electrons. The minimum atomic E-state index is -0.451. The first-order valence-corrected chi connectivity index (χ1v) is 5.25. The summed E-state index contributed by atoms with van der Waals surface area (Å²) in [4.78, 5) is 15.5. The third-order valence-corrected chi connectivity index (χ3v) is 2.75. The monoisotopic (exact) mass is 251 g/mol. The summed E-state index contributed by atoms with van der Waals surface area (Å²) in [5, 5.41) is 1.70. The molecule has 4 nitrogen and oxygen atoms in total. The van der Waals surface area contributed by atoms with Crippen LogP contribution >= 0.6 is 11.6 Å². The number of halogens is 1.